The highest BCUT2D eigenvalue weighted by Crippen LogP contribution is 2.32. The van der Waals surface area contributed by atoms with Crippen LogP contribution in [0.2, 0.25) is 0 Å². The predicted octanol–water partition coefficient (Wildman–Crippen LogP) is 3.41. The number of hydrogen-bond acceptors (Lipinski definition) is 2. The van der Waals surface area contributed by atoms with Gasteiger partial charge < -0.3 is 10.2 Å². The Kier molecular flexibility index (Phi) is 4.13. The van der Waals surface area contributed by atoms with Gasteiger partial charge in [0.05, 0.1) is 0 Å². The molecule has 2 saturated heterocycles. The summed E-state index contributed by atoms with van der Waals surface area (Å²) in [5.74, 6) is 0. The second kappa shape index (κ2) is 5.87. The number of nitrogens with zero attached hydrogens (tertiary/aromatic N) is 1. The number of hydrogen-bond donors (Lipinski definition) is 1. The highest BCUT2D eigenvalue weighted by molar-refractivity contribution is 5.29. The Morgan fingerprint density at radius 3 is 2.45 bits per heavy atom. The number of piperidine rings is 2. The van der Waals surface area contributed by atoms with E-state index in [4.69, 9.17) is 0 Å². The van der Waals surface area contributed by atoms with Gasteiger partial charge in [0.2, 0.25) is 0 Å². The average Bonchev–Trinajstić information content (AvgIpc) is 2.41. The summed E-state index contributed by atoms with van der Waals surface area (Å²) in [7, 11) is 2.33. The molecule has 2 fully saturated rings. The van der Waals surface area contributed by atoms with E-state index in [-0.39, 0.29) is 0 Å². The Hall–Kier alpha value is -0.860. The Labute approximate surface area is 123 Å². The van der Waals surface area contributed by atoms with E-state index in [1.165, 1.54) is 48.8 Å². The van der Waals surface area contributed by atoms with E-state index in [0.717, 1.165) is 18.6 Å². The molecule has 2 aliphatic rings. The largest absolute Gasteiger partial charge is 0.310 e. The van der Waals surface area contributed by atoms with Crippen molar-refractivity contribution in [3.05, 3.63) is 34.9 Å². The van der Waals surface area contributed by atoms with Gasteiger partial charge in [0.1, 0.15) is 0 Å². The van der Waals surface area contributed by atoms with Gasteiger partial charge in [-0.15, -0.1) is 0 Å². The molecule has 3 rings (SSSR count). The van der Waals surface area contributed by atoms with E-state index < -0.39 is 0 Å². The van der Waals surface area contributed by atoms with Crippen LogP contribution in [0.3, 0.4) is 0 Å². The number of fused-ring (bicyclic) bond motifs is 2. The quantitative estimate of drug-likeness (QED) is 0.907. The highest BCUT2D eigenvalue weighted by Gasteiger charge is 2.35. The van der Waals surface area contributed by atoms with Crippen LogP contribution in [0, 0.1) is 13.8 Å². The van der Waals surface area contributed by atoms with Gasteiger partial charge >= 0.3 is 0 Å². The fraction of sp³-hybridized carbons (Fsp3) is 0.667. The van der Waals surface area contributed by atoms with E-state index in [2.05, 4.69) is 49.3 Å². The van der Waals surface area contributed by atoms with Gasteiger partial charge in [-0.3, -0.25) is 0 Å². The summed E-state index contributed by atoms with van der Waals surface area (Å²) in [6, 6.07) is 9.20. The lowest BCUT2D eigenvalue weighted by Crippen LogP contribution is -2.54. The SMILES string of the molecule is Cc1ccc(CNC2CC3CCCC(C2)N3C)cc1C. The Morgan fingerprint density at radius 2 is 1.80 bits per heavy atom. The maximum absolute atomic E-state index is 3.81. The van der Waals surface area contributed by atoms with Crippen LogP contribution in [0.5, 0.6) is 0 Å². The first-order valence-electron chi connectivity index (χ1n) is 8.15. The molecular formula is C18H28N2. The van der Waals surface area contributed by atoms with Crippen LogP contribution in [0.15, 0.2) is 18.2 Å². The maximum Gasteiger partial charge on any atom is 0.0208 e. The van der Waals surface area contributed by atoms with Gasteiger partial charge in [0, 0.05) is 24.7 Å². The van der Waals surface area contributed by atoms with Gasteiger partial charge in [0.15, 0.2) is 0 Å². The molecule has 0 aromatic heterocycles. The van der Waals surface area contributed by atoms with Crippen molar-refractivity contribution in [1.82, 2.24) is 10.2 Å². The summed E-state index contributed by atoms with van der Waals surface area (Å²) in [5.41, 5.74) is 4.23. The molecule has 20 heavy (non-hydrogen) atoms. The van der Waals surface area contributed by atoms with Gasteiger partial charge in [-0.05, 0) is 63.3 Å². The summed E-state index contributed by atoms with van der Waals surface area (Å²) < 4.78 is 0. The second-order valence-electron chi connectivity index (χ2n) is 6.87. The highest BCUT2D eigenvalue weighted by atomic mass is 15.2. The molecule has 0 spiro atoms. The van der Waals surface area contributed by atoms with Gasteiger partial charge in [-0.1, -0.05) is 24.6 Å². The fourth-order valence-corrected chi connectivity index (χ4v) is 3.96. The predicted molar refractivity (Wildman–Crippen MR) is 85.0 cm³/mol. The van der Waals surface area contributed by atoms with Crippen molar-refractivity contribution in [3.8, 4) is 0 Å². The molecule has 0 amide bonds. The number of nitrogens with one attached hydrogen (secondary N) is 1. The van der Waals surface area contributed by atoms with Crippen molar-refractivity contribution in [3.63, 3.8) is 0 Å². The molecule has 1 N–H and O–H groups in total. The first-order chi connectivity index (χ1) is 9.63. The van der Waals surface area contributed by atoms with Gasteiger partial charge in [-0.2, -0.15) is 0 Å². The van der Waals surface area contributed by atoms with Crippen molar-refractivity contribution in [1.29, 1.82) is 0 Å². The van der Waals surface area contributed by atoms with Crippen LogP contribution in [-0.2, 0) is 6.54 Å². The molecule has 2 heteroatoms. The van der Waals surface area contributed by atoms with Crippen LogP contribution < -0.4 is 5.32 Å². The summed E-state index contributed by atoms with van der Waals surface area (Å²) in [6.07, 6.45) is 6.89. The van der Waals surface area contributed by atoms with Crippen LogP contribution in [0.1, 0.15) is 48.8 Å². The van der Waals surface area contributed by atoms with Crippen LogP contribution in [0.25, 0.3) is 0 Å². The van der Waals surface area contributed by atoms with Crippen molar-refractivity contribution in [2.75, 3.05) is 7.05 Å². The van der Waals surface area contributed by atoms with Crippen molar-refractivity contribution in [2.45, 2.75) is 70.6 Å². The molecule has 2 nitrogen and oxygen atoms in total. The van der Waals surface area contributed by atoms with Crippen LogP contribution in [-0.4, -0.2) is 30.1 Å². The van der Waals surface area contributed by atoms with Crippen LogP contribution >= 0.6 is 0 Å². The molecule has 2 heterocycles. The topological polar surface area (TPSA) is 15.3 Å². The zero-order valence-corrected chi connectivity index (χ0v) is 13.2. The fourth-order valence-electron chi connectivity index (χ4n) is 3.96. The Morgan fingerprint density at radius 1 is 1.10 bits per heavy atom. The van der Waals surface area contributed by atoms with Crippen molar-refractivity contribution < 1.29 is 0 Å². The molecule has 0 radical (unpaired) electrons. The first kappa shape index (κ1) is 14.1. The van der Waals surface area contributed by atoms with E-state index >= 15 is 0 Å². The lowest BCUT2D eigenvalue weighted by Gasteiger charge is -2.47. The maximum atomic E-state index is 3.81. The molecule has 110 valence electrons. The molecule has 0 saturated carbocycles. The molecule has 2 unspecified atom stereocenters. The van der Waals surface area contributed by atoms with Gasteiger partial charge in [-0.25, -0.2) is 0 Å². The Bertz CT molecular complexity index is 454. The number of benzene rings is 1. The lowest BCUT2D eigenvalue weighted by molar-refractivity contribution is 0.0482. The standard InChI is InChI=1S/C18H28N2/c1-13-7-8-15(9-14(13)2)12-19-16-10-17-5-4-6-18(11-16)20(17)3/h7-9,16-19H,4-6,10-12H2,1-3H3. The summed E-state index contributed by atoms with van der Waals surface area (Å²) >= 11 is 0. The molecular weight excluding hydrogens is 244 g/mol. The second-order valence-corrected chi connectivity index (χ2v) is 6.87. The van der Waals surface area contributed by atoms with Crippen molar-refractivity contribution >= 4 is 0 Å². The number of aryl methyl sites for hydroxylation is 2. The smallest absolute Gasteiger partial charge is 0.0208 e. The summed E-state index contributed by atoms with van der Waals surface area (Å²) in [5, 5.41) is 3.81. The third-order valence-electron chi connectivity index (χ3n) is 5.51. The zero-order valence-electron chi connectivity index (χ0n) is 13.2. The normalized spacial score (nSPS) is 30.4. The minimum atomic E-state index is 0.711. The molecule has 1 aromatic rings. The first-order valence-corrected chi connectivity index (χ1v) is 8.15. The average molecular weight is 272 g/mol. The van der Waals surface area contributed by atoms with E-state index in [9.17, 15) is 0 Å². The molecule has 0 aliphatic carbocycles. The molecule has 2 bridgehead atoms. The molecule has 2 aliphatic heterocycles. The Balaban J connectivity index is 1.57. The minimum absolute atomic E-state index is 0.711. The van der Waals surface area contributed by atoms with E-state index in [1.807, 2.05) is 0 Å². The minimum Gasteiger partial charge on any atom is -0.310 e. The zero-order chi connectivity index (χ0) is 14.1. The number of rotatable bonds is 3. The lowest BCUT2D eigenvalue weighted by atomic mass is 9.82. The monoisotopic (exact) mass is 272 g/mol. The van der Waals surface area contributed by atoms with Crippen molar-refractivity contribution in [2.24, 2.45) is 0 Å². The van der Waals surface area contributed by atoms with Crippen LogP contribution in [0.4, 0.5) is 0 Å². The third kappa shape index (κ3) is 2.91. The summed E-state index contributed by atoms with van der Waals surface area (Å²) in [4.78, 5) is 2.64. The van der Waals surface area contributed by atoms with E-state index in [0.29, 0.717) is 6.04 Å². The third-order valence-corrected chi connectivity index (χ3v) is 5.51. The summed E-state index contributed by atoms with van der Waals surface area (Å²) in [6.45, 7) is 5.42. The van der Waals surface area contributed by atoms with Gasteiger partial charge in [0.25, 0.3) is 0 Å². The van der Waals surface area contributed by atoms with E-state index in [1.54, 1.807) is 0 Å². The molecule has 2 atom stereocenters. The molecule has 1 aromatic carbocycles.